The summed E-state index contributed by atoms with van der Waals surface area (Å²) in [7, 11) is 0. The molecule has 7 heteroatoms. The summed E-state index contributed by atoms with van der Waals surface area (Å²) in [6.07, 6.45) is -0.970. The van der Waals surface area contributed by atoms with Crippen molar-refractivity contribution in [3.05, 3.63) is 53.1 Å². The van der Waals surface area contributed by atoms with Crippen LogP contribution in [0.15, 0.2) is 42.5 Å². The molecule has 1 aliphatic heterocycles. The van der Waals surface area contributed by atoms with E-state index >= 15 is 0 Å². The number of benzene rings is 2. The van der Waals surface area contributed by atoms with Crippen LogP contribution in [0.1, 0.15) is 17.3 Å². The van der Waals surface area contributed by atoms with Crippen molar-refractivity contribution in [1.82, 2.24) is 0 Å². The predicted molar refractivity (Wildman–Crippen MR) is 87.5 cm³/mol. The van der Waals surface area contributed by atoms with E-state index in [1.165, 1.54) is 13.0 Å². The van der Waals surface area contributed by atoms with Gasteiger partial charge in [0, 0.05) is 10.7 Å². The Hall–Kier alpha value is -2.73. The molecule has 0 fully saturated rings. The first-order chi connectivity index (χ1) is 11.5. The van der Waals surface area contributed by atoms with Crippen LogP contribution in [0.5, 0.6) is 11.5 Å². The van der Waals surface area contributed by atoms with E-state index in [0.717, 1.165) is 0 Å². The highest BCUT2D eigenvalue weighted by Crippen LogP contribution is 2.32. The van der Waals surface area contributed by atoms with Gasteiger partial charge in [0.05, 0.1) is 5.56 Å². The lowest BCUT2D eigenvalue weighted by Crippen LogP contribution is -2.30. The molecule has 24 heavy (non-hydrogen) atoms. The summed E-state index contributed by atoms with van der Waals surface area (Å²) in [6.45, 7) is 1.61. The van der Waals surface area contributed by atoms with Gasteiger partial charge in [-0.05, 0) is 43.3 Å². The highest BCUT2D eigenvalue weighted by Gasteiger charge is 2.21. The first kappa shape index (κ1) is 16.1. The molecule has 1 amide bonds. The molecule has 0 radical (unpaired) electrons. The summed E-state index contributed by atoms with van der Waals surface area (Å²) in [6, 6.07) is 11.4. The van der Waals surface area contributed by atoms with Crippen LogP contribution in [-0.2, 0) is 9.53 Å². The average Bonchev–Trinajstić information content (AvgIpc) is 3.02. The smallest absolute Gasteiger partial charge is 0.339 e. The Labute approximate surface area is 143 Å². The molecule has 1 aliphatic rings. The molecule has 1 N–H and O–H groups in total. The lowest BCUT2D eigenvalue weighted by Gasteiger charge is -2.14. The van der Waals surface area contributed by atoms with E-state index in [0.29, 0.717) is 22.2 Å². The van der Waals surface area contributed by atoms with Gasteiger partial charge in [0.25, 0.3) is 5.91 Å². The van der Waals surface area contributed by atoms with Crippen molar-refractivity contribution in [2.24, 2.45) is 0 Å². The van der Waals surface area contributed by atoms with Gasteiger partial charge >= 0.3 is 5.97 Å². The summed E-state index contributed by atoms with van der Waals surface area (Å²) in [5.41, 5.74) is 0.806. The average molecular weight is 348 g/mol. The second-order valence-electron chi connectivity index (χ2n) is 5.12. The largest absolute Gasteiger partial charge is 0.454 e. The Morgan fingerprint density at radius 3 is 2.75 bits per heavy atom. The number of anilines is 1. The van der Waals surface area contributed by atoms with E-state index in [1.807, 2.05) is 0 Å². The SMILES string of the molecule is CC(OC(=O)c1ccc2c(c1)OCO2)C(=O)Nc1cccc(Cl)c1. The van der Waals surface area contributed by atoms with E-state index in [4.69, 9.17) is 25.8 Å². The van der Waals surface area contributed by atoms with Gasteiger partial charge in [-0.2, -0.15) is 0 Å². The van der Waals surface area contributed by atoms with Gasteiger partial charge in [0.1, 0.15) is 0 Å². The highest BCUT2D eigenvalue weighted by atomic mass is 35.5. The van der Waals surface area contributed by atoms with Gasteiger partial charge in [-0.25, -0.2) is 4.79 Å². The minimum absolute atomic E-state index is 0.117. The maximum absolute atomic E-state index is 12.1. The minimum Gasteiger partial charge on any atom is -0.454 e. The van der Waals surface area contributed by atoms with Crippen LogP contribution in [0.25, 0.3) is 0 Å². The number of rotatable bonds is 4. The van der Waals surface area contributed by atoms with E-state index in [1.54, 1.807) is 36.4 Å². The van der Waals surface area contributed by atoms with Crippen LogP contribution in [0.3, 0.4) is 0 Å². The Balaban J connectivity index is 1.62. The fraction of sp³-hybridized carbons (Fsp3) is 0.176. The molecular weight excluding hydrogens is 334 g/mol. The number of esters is 1. The maximum Gasteiger partial charge on any atom is 0.339 e. The van der Waals surface area contributed by atoms with Crippen LogP contribution >= 0.6 is 11.6 Å². The lowest BCUT2D eigenvalue weighted by molar-refractivity contribution is -0.123. The number of fused-ring (bicyclic) bond motifs is 1. The highest BCUT2D eigenvalue weighted by molar-refractivity contribution is 6.30. The van der Waals surface area contributed by atoms with Gasteiger partial charge in [-0.1, -0.05) is 17.7 Å². The number of hydrogen-bond donors (Lipinski definition) is 1. The summed E-state index contributed by atoms with van der Waals surface area (Å²) >= 11 is 5.86. The fourth-order valence-electron chi connectivity index (χ4n) is 2.12. The van der Waals surface area contributed by atoms with Crippen LogP contribution in [-0.4, -0.2) is 24.8 Å². The molecular formula is C17H14ClNO5. The van der Waals surface area contributed by atoms with Crippen LogP contribution in [0, 0.1) is 0 Å². The van der Waals surface area contributed by atoms with Gasteiger partial charge in [-0.3, -0.25) is 4.79 Å². The summed E-state index contributed by atoms with van der Waals surface area (Å²) in [5, 5.41) is 3.13. The monoisotopic (exact) mass is 347 g/mol. The Bertz CT molecular complexity index is 792. The number of halogens is 1. The van der Waals surface area contributed by atoms with Crippen molar-refractivity contribution in [3.63, 3.8) is 0 Å². The van der Waals surface area contributed by atoms with Crippen molar-refractivity contribution in [2.45, 2.75) is 13.0 Å². The molecule has 124 valence electrons. The Morgan fingerprint density at radius 2 is 1.96 bits per heavy atom. The summed E-state index contributed by atoms with van der Waals surface area (Å²) in [4.78, 5) is 24.2. The van der Waals surface area contributed by atoms with E-state index in [2.05, 4.69) is 5.32 Å². The molecule has 1 atom stereocenters. The van der Waals surface area contributed by atoms with Gasteiger partial charge in [0.2, 0.25) is 6.79 Å². The molecule has 2 aromatic carbocycles. The third-order valence-electron chi connectivity index (χ3n) is 3.35. The number of carbonyl (C=O) groups is 2. The van der Waals surface area contributed by atoms with Gasteiger partial charge in [-0.15, -0.1) is 0 Å². The minimum atomic E-state index is -0.970. The van der Waals surface area contributed by atoms with Gasteiger partial charge < -0.3 is 19.5 Å². The van der Waals surface area contributed by atoms with E-state index in [-0.39, 0.29) is 12.4 Å². The van der Waals surface area contributed by atoms with Crippen LogP contribution < -0.4 is 14.8 Å². The van der Waals surface area contributed by atoms with Crippen molar-refractivity contribution in [3.8, 4) is 11.5 Å². The first-order valence-electron chi connectivity index (χ1n) is 7.20. The quantitative estimate of drug-likeness (QED) is 0.859. The standard InChI is InChI=1S/C17H14ClNO5/c1-10(16(20)19-13-4-2-3-12(18)8-13)24-17(21)11-5-6-14-15(7-11)23-9-22-14/h2-8,10H,9H2,1H3,(H,19,20). The maximum atomic E-state index is 12.1. The fourth-order valence-corrected chi connectivity index (χ4v) is 2.31. The second-order valence-corrected chi connectivity index (χ2v) is 5.55. The molecule has 6 nitrogen and oxygen atoms in total. The van der Waals surface area contributed by atoms with Crippen LogP contribution in [0.4, 0.5) is 5.69 Å². The van der Waals surface area contributed by atoms with Crippen molar-refractivity contribution in [1.29, 1.82) is 0 Å². The number of ether oxygens (including phenoxy) is 3. The second kappa shape index (κ2) is 6.80. The molecule has 0 aliphatic carbocycles. The third-order valence-corrected chi connectivity index (χ3v) is 3.59. The van der Waals surface area contributed by atoms with E-state index in [9.17, 15) is 9.59 Å². The van der Waals surface area contributed by atoms with Crippen molar-refractivity contribution >= 4 is 29.2 Å². The number of hydrogen-bond acceptors (Lipinski definition) is 5. The molecule has 2 aromatic rings. The number of amides is 1. The normalized spacial score (nSPS) is 13.2. The summed E-state index contributed by atoms with van der Waals surface area (Å²) < 4.78 is 15.6. The zero-order chi connectivity index (χ0) is 17.1. The molecule has 0 saturated heterocycles. The number of carbonyl (C=O) groups excluding carboxylic acids is 2. The zero-order valence-electron chi connectivity index (χ0n) is 12.7. The number of nitrogens with one attached hydrogen (secondary N) is 1. The zero-order valence-corrected chi connectivity index (χ0v) is 13.5. The molecule has 1 heterocycles. The van der Waals surface area contributed by atoms with Crippen molar-refractivity contribution < 1.29 is 23.8 Å². The van der Waals surface area contributed by atoms with Crippen molar-refractivity contribution in [2.75, 3.05) is 12.1 Å². The molecule has 0 bridgehead atoms. The Morgan fingerprint density at radius 1 is 1.17 bits per heavy atom. The first-order valence-corrected chi connectivity index (χ1v) is 7.58. The lowest BCUT2D eigenvalue weighted by atomic mass is 10.2. The van der Waals surface area contributed by atoms with Crippen LogP contribution in [0.2, 0.25) is 5.02 Å². The van der Waals surface area contributed by atoms with Gasteiger partial charge in [0.15, 0.2) is 17.6 Å². The molecule has 0 saturated carbocycles. The Kier molecular flexibility index (Phi) is 4.57. The van der Waals surface area contributed by atoms with E-state index < -0.39 is 18.0 Å². The molecule has 0 aromatic heterocycles. The summed E-state index contributed by atoms with van der Waals surface area (Å²) in [5.74, 6) is -0.0350. The third kappa shape index (κ3) is 3.60. The topological polar surface area (TPSA) is 73.9 Å². The molecule has 1 unspecified atom stereocenters. The predicted octanol–water partition coefficient (Wildman–Crippen LogP) is 3.25. The molecule has 3 rings (SSSR count). The molecule has 0 spiro atoms.